The molecular formula is C26H23F3N2O4. The maximum atomic E-state index is 14.4. The third kappa shape index (κ3) is 4.24. The fraction of sp³-hybridized carbons (Fsp3) is 0.346. The predicted octanol–water partition coefficient (Wildman–Crippen LogP) is 4.09. The van der Waals surface area contributed by atoms with Crippen LogP contribution < -0.4 is 0 Å². The molecule has 3 aromatic rings. The number of halogens is 3. The second-order valence-electron chi connectivity index (χ2n) is 9.05. The predicted molar refractivity (Wildman–Crippen MR) is 119 cm³/mol. The lowest BCUT2D eigenvalue weighted by Gasteiger charge is -2.43. The average Bonchev–Trinajstić information content (AvgIpc) is 3.22. The van der Waals surface area contributed by atoms with Crippen LogP contribution in [-0.2, 0) is 11.2 Å². The van der Waals surface area contributed by atoms with Gasteiger partial charge in [0.05, 0.1) is 23.9 Å². The molecule has 1 saturated carbocycles. The summed E-state index contributed by atoms with van der Waals surface area (Å²) >= 11 is 0. The maximum Gasteiger partial charge on any atom is 0.185 e. The highest BCUT2D eigenvalue weighted by atomic mass is 19.1. The minimum absolute atomic E-state index is 0.156. The second kappa shape index (κ2) is 9.14. The van der Waals surface area contributed by atoms with E-state index in [9.17, 15) is 28.2 Å². The summed E-state index contributed by atoms with van der Waals surface area (Å²) < 4.78 is 49.0. The van der Waals surface area contributed by atoms with Gasteiger partial charge in [-0.1, -0.05) is 6.07 Å². The maximum absolute atomic E-state index is 14.4. The fourth-order valence-electron chi connectivity index (χ4n) is 5.07. The fourth-order valence-corrected chi connectivity index (χ4v) is 5.07. The summed E-state index contributed by atoms with van der Waals surface area (Å²) in [4.78, 5) is 21.1. The molecular weight excluding hydrogens is 461 g/mol. The van der Waals surface area contributed by atoms with Crippen LogP contribution >= 0.6 is 0 Å². The van der Waals surface area contributed by atoms with Crippen LogP contribution in [0.4, 0.5) is 13.2 Å². The van der Waals surface area contributed by atoms with E-state index >= 15 is 0 Å². The molecule has 9 heteroatoms. The Balaban J connectivity index is 1.42. The van der Waals surface area contributed by atoms with Crippen LogP contribution in [0.1, 0.15) is 53.4 Å². The van der Waals surface area contributed by atoms with Crippen molar-refractivity contribution < 1.29 is 32.9 Å². The van der Waals surface area contributed by atoms with Gasteiger partial charge in [-0.05, 0) is 60.7 Å². The van der Waals surface area contributed by atoms with Crippen LogP contribution in [0.5, 0.6) is 0 Å². The van der Waals surface area contributed by atoms with Gasteiger partial charge >= 0.3 is 0 Å². The zero-order valence-electron chi connectivity index (χ0n) is 18.6. The highest BCUT2D eigenvalue weighted by molar-refractivity contribution is 5.96. The van der Waals surface area contributed by atoms with Gasteiger partial charge in [-0.2, -0.15) is 0 Å². The first-order valence-corrected chi connectivity index (χ1v) is 11.4. The number of fused-ring (bicyclic) bond motifs is 1. The van der Waals surface area contributed by atoms with E-state index in [2.05, 4.69) is 9.97 Å². The van der Waals surface area contributed by atoms with E-state index in [1.54, 1.807) is 12.3 Å². The molecule has 1 aliphatic heterocycles. The third-order valence-corrected chi connectivity index (χ3v) is 6.91. The molecule has 0 unspecified atom stereocenters. The Morgan fingerprint density at radius 3 is 2.66 bits per heavy atom. The smallest absolute Gasteiger partial charge is 0.185 e. The van der Waals surface area contributed by atoms with Gasteiger partial charge in [-0.25, -0.2) is 18.2 Å². The summed E-state index contributed by atoms with van der Waals surface area (Å²) in [6.45, 7) is 0. The van der Waals surface area contributed by atoms with Crippen LogP contribution in [0.3, 0.4) is 0 Å². The number of hydrogen-bond acceptors (Lipinski definition) is 6. The lowest BCUT2D eigenvalue weighted by Crippen LogP contribution is -2.54. The number of benzene rings is 1. The van der Waals surface area contributed by atoms with E-state index in [4.69, 9.17) is 4.74 Å². The molecule has 1 aliphatic carbocycles. The lowest BCUT2D eigenvalue weighted by atomic mass is 9.83. The van der Waals surface area contributed by atoms with E-state index in [1.165, 1.54) is 6.20 Å². The van der Waals surface area contributed by atoms with E-state index in [0.717, 1.165) is 36.8 Å². The zero-order chi connectivity index (χ0) is 24.7. The van der Waals surface area contributed by atoms with Crippen LogP contribution in [0, 0.1) is 17.5 Å². The summed E-state index contributed by atoms with van der Waals surface area (Å²) in [7, 11) is 0. The van der Waals surface area contributed by atoms with E-state index in [0.29, 0.717) is 24.0 Å². The quantitative estimate of drug-likeness (QED) is 0.530. The summed E-state index contributed by atoms with van der Waals surface area (Å²) in [5.74, 6) is -3.45. The number of carbonyl (C=O) groups is 1. The Bertz CT molecular complexity index is 1270. The normalized spacial score (nSPS) is 25.9. The van der Waals surface area contributed by atoms with Gasteiger partial charge in [0.1, 0.15) is 34.4 Å². The van der Waals surface area contributed by atoms with E-state index < -0.39 is 58.4 Å². The molecule has 2 aliphatic rings. The van der Waals surface area contributed by atoms with Crippen LogP contribution in [0.2, 0.25) is 0 Å². The Morgan fingerprint density at radius 2 is 1.89 bits per heavy atom. The van der Waals surface area contributed by atoms with Crippen molar-refractivity contribution in [2.45, 2.75) is 56.0 Å². The SMILES string of the molecule is O=C(Cc1cnccc1[C@@H]1C[C@H](O)[C@]2(O)CCC[C@@H]2O1)c1ccc(F)c(-c2c(F)cccc2F)n1. The molecule has 2 N–H and O–H groups in total. The topological polar surface area (TPSA) is 92.5 Å². The molecule has 6 nitrogen and oxygen atoms in total. The van der Waals surface area contributed by atoms with Crippen LogP contribution in [-0.4, -0.2) is 43.8 Å². The van der Waals surface area contributed by atoms with Crippen LogP contribution in [0.25, 0.3) is 11.3 Å². The van der Waals surface area contributed by atoms with Crippen molar-refractivity contribution >= 4 is 5.78 Å². The lowest BCUT2D eigenvalue weighted by molar-refractivity contribution is -0.215. The Morgan fingerprint density at radius 1 is 1.11 bits per heavy atom. The molecule has 4 atom stereocenters. The van der Waals surface area contributed by atoms with Crippen molar-refractivity contribution in [1.29, 1.82) is 0 Å². The van der Waals surface area contributed by atoms with Gasteiger partial charge in [0.25, 0.3) is 0 Å². The molecule has 0 bridgehead atoms. The van der Waals surface area contributed by atoms with Gasteiger partial charge in [0, 0.05) is 25.2 Å². The van der Waals surface area contributed by atoms with Gasteiger partial charge in [-0.15, -0.1) is 0 Å². The Kier molecular flexibility index (Phi) is 6.16. The van der Waals surface area contributed by atoms with E-state index in [1.807, 2.05) is 0 Å². The number of ether oxygens (including phenoxy) is 1. The minimum atomic E-state index is -1.27. The molecule has 3 heterocycles. The van der Waals surface area contributed by atoms with Gasteiger partial charge < -0.3 is 14.9 Å². The number of pyridine rings is 2. The van der Waals surface area contributed by atoms with Gasteiger partial charge in [0.2, 0.25) is 0 Å². The number of carbonyl (C=O) groups excluding carboxylic acids is 1. The van der Waals surface area contributed by atoms with Gasteiger partial charge in [0.15, 0.2) is 5.78 Å². The first-order chi connectivity index (χ1) is 16.8. The van der Waals surface area contributed by atoms with Gasteiger partial charge in [-0.3, -0.25) is 9.78 Å². The molecule has 35 heavy (non-hydrogen) atoms. The molecule has 5 rings (SSSR count). The molecule has 0 radical (unpaired) electrons. The number of nitrogens with zero attached hydrogens (tertiary/aromatic N) is 2. The number of rotatable bonds is 5. The zero-order valence-corrected chi connectivity index (χ0v) is 18.6. The number of aromatic nitrogens is 2. The highest BCUT2D eigenvalue weighted by Gasteiger charge is 2.52. The number of ketones is 1. The number of aliphatic hydroxyl groups is 2. The van der Waals surface area contributed by atoms with Crippen molar-refractivity contribution in [3.8, 4) is 11.3 Å². The molecule has 2 aromatic heterocycles. The molecule has 0 spiro atoms. The summed E-state index contributed by atoms with van der Waals surface area (Å²) in [6.07, 6.45) is 2.83. The molecule has 182 valence electrons. The van der Waals surface area contributed by atoms with Crippen molar-refractivity contribution in [2.75, 3.05) is 0 Å². The number of aliphatic hydroxyl groups excluding tert-OH is 1. The van der Waals surface area contributed by atoms with Crippen molar-refractivity contribution in [2.24, 2.45) is 0 Å². The molecule has 0 amide bonds. The molecule has 1 saturated heterocycles. The summed E-state index contributed by atoms with van der Waals surface area (Å²) in [5.41, 5.74) is -1.50. The van der Waals surface area contributed by atoms with E-state index in [-0.39, 0.29) is 18.5 Å². The first kappa shape index (κ1) is 23.6. The number of hydrogen-bond donors (Lipinski definition) is 2. The molecule has 2 fully saturated rings. The highest BCUT2D eigenvalue weighted by Crippen LogP contribution is 2.45. The standard InChI is InChI=1S/C26H23F3N2O4/c27-16-3-1-4-17(28)24(16)25-18(29)6-7-19(31-25)20(32)11-14-13-30-10-8-15(14)21-12-22(33)26(34)9-2-5-23(26)35-21/h1,3-4,6-8,10,13,21-23,33-34H,2,5,9,11-12H2/t21-,22-,23-,26+/m0/s1. The Labute approximate surface area is 199 Å². The molecule has 1 aromatic carbocycles. The summed E-state index contributed by atoms with van der Waals surface area (Å²) in [6, 6.07) is 6.93. The minimum Gasteiger partial charge on any atom is -0.390 e. The summed E-state index contributed by atoms with van der Waals surface area (Å²) in [5, 5.41) is 21.4. The average molecular weight is 484 g/mol. The first-order valence-electron chi connectivity index (χ1n) is 11.4. The van der Waals surface area contributed by atoms with Crippen molar-refractivity contribution in [3.05, 3.63) is 83.1 Å². The van der Waals surface area contributed by atoms with Crippen molar-refractivity contribution in [1.82, 2.24) is 9.97 Å². The second-order valence-corrected chi connectivity index (χ2v) is 9.05. The monoisotopic (exact) mass is 484 g/mol. The number of Topliss-reactive ketones (excluding diaryl/α,β-unsaturated/α-hetero) is 1. The Hall–Kier alpha value is -3.14. The van der Waals surface area contributed by atoms with Crippen molar-refractivity contribution in [3.63, 3.8) is 0 Å². The van der Waals surface area contributed by atoms with Crippen LogP contribution in [0.15, 0.2) is 48.8 Å². The largest absolute Gasteiger partial charge is 0.390 e. The third-order valence-electron chi connectivity index (χ3n) is 6.91.